The maximum atomic E-state index is 9.47. The highest BCUT2D eigenvalue weighted by Gasteiger charge is 2.07. The molecule has 0 spiro atoms. The molecule has 0 aliphatic carbocycles. The monoisotopic (exact) mass is 319 g/mol. The molecular formula is C16H18BrNO. The molecule has 2 aromatic rings. The van der Waals surface area contributed by atoms with Crippen LogP contribution in [0, 0.1) is 6.92 Å². The molecule has 1 atom stereocenters. The second-order valence-electron chi connectivity index (χ2n) is 4.74. The predicted molar refractivity (Wildman–Crippen MR) is 82.2 cm³/mol. The van der Waals surface area contributed by atoms with Gasteiger partial charge in [-0.05, 0) is 58.6 Å². The van der Waals surface area contributed by atoms with Crippen molar-refractivity contribution in [1.82, 2.24) is 5.32 Å². The topological polar surface area (TPSA) is 32.3 Å². The summed E-state index contributed by atoms with van der Waals surface area (Å²) in [4.78, 5) is 0. The number of phenolic OH excluding ortho intramolecular Hbond substituents is 1. The van der Waals surface area contributed by atoms with Crippen LogP contribution in [0.4, 0.5) is 0 Å². The van der Waals surface area contributed by atoms with Gasteiger partial charge < -0.3 is 10.4 Å². The molecule has 0 saturated carbocycles. The van der Waals surface area contributed by atoms with Crippen LogP contribution in [-0.2, 0) is 6.54 Å². The van der Waals surface area contributed by atoms with E-state index in [0.717, 1.165) is 16.6 Å². The Morgan fingerprint density at radius 1 is 1.21 bits per heavy atom. The zero-order valence-corrected chi connectivity index (χ0v) is 12.7. The first kappa shape index (κ1) is 14.1. The highest BCUT2D eigenvalue weighted by Crippen LogP contribution is 2.24. The lowest BCUT2D eigenvalue weighted by molar-refractivity contribution is 0.471. The van der Waals surface area contributed by atoms with Crippen LogP contribution in [0.25, 0.3) is 0 Å². The quantitative estimate of drug-likeness (QED) is 0.879. The normalized spacial score (nSPS) is 12.4. The van der Waals surface area contributed by atoms with Crippen molar-refractivity contribution in [3.8, 4) is 5.75 Å². The highest BCUT2D eigenvalue weighted by atomic mass is 79.9. The van der Waals surface area contributed by atoms with E-state index in [2.05, 4.69) is 59.4 Å². The zero-order chi connectivity index (χ0) is 13.8. The van der Waals surface area contributed by atoms with Crippen molar-refractivity contribution >= 4 is 15.9 Å². The van der Waals surface area contributed by atoms with E-state index in [4.69, 9.17) is 0 Å². The van der Waals surface area contributed by atoms with E-state index in [1.807, 2.05) is 12.1 Å². The molecule has 0 bridgehead atoms. The standard InChI is InChI=1S/C16H18BrNO/c1-11-5-3-4-6-14(11)12(2)18-10-13-7-8-16(19)15(17)9-13/h3-9,12,18-19H,10H2,1-2H3. The summed E-state index contributed by atoms with van der Waals surface area (Å²) in [6.07, 6.45) is 0. The minimum atomic E-state index is 0.274. The lowest BCUT2D eigenvalue weighted by atomic mass is 10.0. The van der Waals surface area contributed by atoms with Crippen LogP contribution in [0.3, 0.4) is 0 Å². The van der Waals surface area contributed by atoms with Gasteiger partial charge in [0.2, 0.25) is 0 Å². The first-order valence-corrected chi connectivity index (χ1v) is 7.13. The van der Waals surface area contributed by atoms with Gasteiger partial charge in [-0.2, -0.15) is 0 Å². The largest absolute Gasteiger partial charge is 0.507 e. The van der Waals surface area contributed by atoms with Gasteiger partial charge >= 0.3 is 0 Å². The fourth-order valence-electron chi connectivity index (χ4n) is 2.11. The van der Waals surface area contributed by atoms with Crippen LogP contribution in [0.5, 0.6) is 5.75 Å². The van der Waals surface area contributed by atoms with E-state index < -0.39 is 0 Å². The first-order chi connectivity index (χ1) is 9.08. The fraction of sp³-hybridized carbons (Fsp3) is 0.250. The molecule has 2 N–H and O–H groups in total. The van der Waals surface area contributed by atoms with Crippen LogP contribution in [0.1, 0.15) is 29.7 Å². The summed E-state index contributed by atoms with van der Waals surface area (Å²) in [5.41, 5.74) is 3.76. The van der Waals surface area contributed by atoms with Crippen molar-refractivity contribution in [1.29, 1.82) is 0 Å². The molecule has 0 aliphatic rings. The average molecular weight is 320 g/mol. The Hall–Kier alpha value is -1.32. The van der Waals surface area contributed by atoms with Gasteiger partial charge in [-0.1, -0.05) is 30.3 Å². The molecule has 2 aromatic carbocycles. The van der Waals surface area contributed by atoms with Gasteiger partial charge in [0.1, 0.15) is 5.75 Å². The minimum Gasteiger partial charge on any atom is -0.507 e. The number of aromatic hydroxyl groups is 1. The van der Waals surface area contributed by atoms with Gasteiger partial charge in [0.25, 0.3) is 0 Å². The maximum absolute atomic E-state index is 9.47. The van der Waals surface area contributed by atoms with Crippen molar-refractivity contribution < 1.29 is 5.11 Å². The molecule has 2 rings (SSSR count). The van der Waals surface area contributed by atoms with E-state index >= 15 is 0 Å². The molecule has 2 nitrogen and oxygen atoms in total. The summed E-state index contributed by atoms with van der Waals surface area (Å²) >= 11 is 3.33. The van der Waals surface area contributed by atoms with Crippen LogP contribution < -0.4 is 5.32 Å². The number of aryl methyl sites for hydroxylation is 1. The van der Waals surface area contributed by atoms with E-state index in [-0.39, 0.29) is 5.75 Å². The summed E-state index contributed by atoms with van der Waals surface area (Å²) in [7, 11) is 0. The molecule has 100 valence electrons. The maximum Gasteiger partial charge on any atom is 0.129 e. The number of hydrogen-bond donors (Lipinski definition) is 2. The van der Waals surface area contributed by atoms with E-state index in [1.54, 1.807) is 6.07 Å². The van der Waals surface area contributed by atoms with Crippen molar-refractivity contribution in [3.63, 3.8) is 0 Å². The Morgan fingerprint density at radius 2 is 1.95 bits per heavy atom. The second-order valence-corrected chi connectivity index (χ2v) is 5.60. The molecule has 0 aliphatic heterocycles. The number of rotatable bonds is 4. The summed E-state index contributed by atoms with van der Waals surface area (Å²) in [6, 6.07) is 14.3. The van der Waals surface area contributed by atoms with Crippen molar-refractivity contribution in [2.75, 3.05) is 0 Å². The Kier molecular flexibility index (Phi) is 4.61. The average Bonchev–Trinajstić information content (AvgIpc) is 2.40. The van der Waals surface area contributed by atoms with Gasteiger partial charge in [0.05, 0.1) is 4.47 Å². The van der Waals surface area contributed by atoms with Crippen molar-refractivity contribution in [3.05, 3.63) is 63.6 Å². The number of halogens is 1. The molecule has 19 heavy (non-hydrogen) atoms. The molecule has 0 fully saturated rings. The van der Waals surface area contributed by atoms with Crippen LogP contribution >= 0.6 is 15.9 Å². The van der Waals surface area contributed by atoms with E-state index in [0.29, 0.717) is 6.04 Å². The Labute approximate surface area is 122 Å². The SMILES string of the molecule is Cc1ccccc1C(C)NCc1ccc(O)c(Br)c1. The third kappa shape index (κ3) is 3.58. The summed E-state index contributed by atoms with van der Waals surface area (Å²) in [6.45, 7) is 5.07. The van der Waals surface area contributed by atoms with E-state index in [9.17, 15) is 5.11 Å². The summed E-state index contributed by atoms with van der Waals surface area (Å²) < 4.78 is 0.732. The lowest BCUT2D eigenvalue weighted by Gasteiger charge is -2.16. The minimum absolute atomic E-state index is 0.274. The second kappa shape index (κ2) is 6.22. The molecule has 0 saturated heterocycles. The fourth-order valence-corrected chi connectivity index (χ4v) is 2.54. The van der Waals surface area contributed by atoms with Gasteiger partial charge in [-0.15, -0.1) is 0 Å². The molecule has 3 heteroatoms. The van der Waals surface area contributed by atoms with Crippen molar-refractivity contribution in [2.24, 2.45) is 0 Å². The zero-order valence-electron chi connectivity index (χ0n) is 11.2. The van der Waals surface area contributed by atoms with Crippen LogP contribution in [0.2, 0.25) is 0 Å². The van der Waals surface area contributed by atoms with Gasteiger partial charge in [-0.3, -0.25) is 0 Å². The molecule has 0 heterocycles. The predicted octanol–water partition coefficient (Wildman–Crippen LogP) is 4.31. The van der Waals surface area contributed by atoms with E-state index in [1.165, 1.54) is 11.1 Å². The number of phenols is 1. The van der Waals surface area contributed by atoms with Crippen LogP contribution in [-0.4, -0.2) is 5.11 Å². The Morgan fingerprint density at radius 3 is 2.63 bits per heavy atom. The van der Waals surface area contributed by atoms with Crippen LogP contribution in [0.15, 0.2) is 46.9 Å². The molecule has 0 amide bonds. The summed E-state index contributed by atoms with van der Waals surface area (Å²) in [5, 5.41) is 13.0. The number of benzene rings is 2. The molecular weight excluding hydrogens is 302 g/mol. The summed E-state index contributed by atoms with van der Waals surface area (Å²) in [5.74, 6) is 0.274. The number of nitrogens with one attached hydrogen (secondary N) is 1. The molecule has 1 unspecified atom stereocenters. The smallest absolute Gasteiger partial charge is 0.129 e. The Balaban J connectivity index is 2.02. The van der Waals surface area contributed by atoms with Crippen molar-refractivity contribution in [2.45, 2.75) is 26.4 Å². The Bertz CT molecular complexity index is 568. The molecule has 0 radical (unpaired) electrons. The third-order valence-corrected chi connectivity index (χ3v) is 3.91. The first-order valence-electron chi connectivity index (χ1n) is 6.34. The van der Waals surface area contributed by atoms with Gasteiger partial charge in [0.15, 0.2) is 0 Å². The molecule has 0 aromatic heterocycles. The van der Waals surface area contributed by atoms with Gasteiger partial charge in [0, 0.05) is 12.6 Å². The van der Waals surface area contributed by atoms with Gasteiger partial charge in [-0.25, -0.2) is 0 Å². The third-order valence-electron chi connectivity index (χ3n) is 3.28. The highest BCUT2D eigenvalue weighted by molar-refractivity contribution is 9.10. The number of hydrogen-bond acceptors (Lipinski definition) is 2. The lowest BCUT2D eigenvalue weighted by Crippen LogP contribution is -2.18.